The molecule has 8 nitrogen and oxygen atoms in total. The molecule has 0 spiro atoms. The fraction of sp³-hybridized carbons (Fsp3) is 0.444. The van der Waals surface area contributed by atoms with Gasteiger partial charge in [0.2, 0.25) is 5.91 Å². The average Bonchev–Trinajstić information content (AvgIpc) is 3.38. The lowest BCUT2D eigenvalue weighted by Gasteiger charge is -2.32. The second-order valence-electron chi connectivity index (χ2n) is 9.34. The standard InChI is InChI=1S/C27H34N4O4/c1-5-35-27(34)23-17(3)24(30-18(23)4)26(33)31-12-6-7-20(15-31)25(32)28-11-10-19-14-29-22-9-8-16(2)13-21(19)22/h8-9,13-14,20,29-30H,5-7,10-12,15H2,1-4H3,(H,28,32)/t20-/m1/s1. The number of hydrogen-bond donors (Lipinski definition) is 3. The van der Waals surface area contributed by atoms with Crippen molar-refractivity contribution >= 4 is 28.7 Å². The number of H-pyrrole nitrogens is 2. The van der Waals surface area contributed by atoms with Gasteiger partial charge in [0.15, 0.2) is 0 Å². The van der Waals surface area contributed by atoms with Gasteiger partial charge in [-0.15, -0.1) is 0 Å². The third-order valence-electron chi connectivity index (χ3n) is 6.83. The van der Waals surface area contributed by atoms with Gasteiger partial charge in [0.05, 0.1) is 18.1 Å². The van der Waals surface area contributed by atoms with Crippen molar-refractivity contribution in [3.8, 4) is 0 Å². The van der Waals surface area contributed by atoms with Gasteiger partial charge in [0.25, 0.3) is 5.91 Å². The second kappa shape index (κ2) is 10.4. The Morgan fingerprint density at radius 2 is 2.00 bits per heavy atom. The van der Waals surface area contributed by atoms with Crippen molar-refractivity contribution in [1.29, 1.82) is 0 Å². The smallest absolute Gasteiger partial charge is 0.340 e. The minimum atomic E-state index is -0.431. The van der Waals surface area contributed by atoms with E-state index in [1.165, 1.54) is 16.5 Å². The van der Waals surface area contributed by atoms with Crippen molar-refractivity contribution in [3.63, 3.8) is 0 Å². The van der Waals surface area contributed by atoms with Crippen LogP contribution in [0.2, 0.25) is 0 Å². The molecule has 0 radical (unpaired) electrons. The lowest BCUT2D eigenvalue weighted by molar-refractivity contribution is -0.126. The molecule has 4 rings (SSSR count). The number of carbonyl (C=O) groups is 3. The summed E-state index contributed by atoms with van der Waals surface area (Å²) in [7, 11) is 0. The first-order valence-corrected chi connectivity index (χ1v) is 12.3. The number of aromatic nitrogens is 2. The SMILES string of the molecule is CCOC(=O)c1c(C)[nH]c(C(=O)N2CCC[C@@H](C(=O)NCCc3c[nH]c4ccc(C)cc34)C2)c1C. The Kier molecular flexibility index (Phi) is 7.28. The molecule has 2 amide bonds. The van der Waals surface area contributed by atoms with E-state index < -0.39 is 5.97 Å². The molecule has 1 aliphatic heterocycles. The number of ether oxygens (including phenoxy) is 1. The van der Waals surface area contributed by atoms with E-state index in [2.05, 4.69) is 40.4 Å². The molecule has 1 fully saturated rings. The quantitative estimate of drug-likeness (QED) is 0.449. The summed E-state index contributed by atoms with van der Waals surface area (Å²) in [4.78, 5) is 46.5. The van der Waals surface area contributed by atoms with Crippen LogP contribution in [0.4, 0.5) is 0 Å². The molecule has 186 valence electrons. The summed E-state index contributed by atoms with van der Waals surface area (Å²) in [5.41, 5.74) is 5.49. The van der Waals surface area contributed by atoms with E-state index in [0.717, 1.165) is 24.8 Å². The Morgan fingerprint density at radius 1 is 1.20 bits per heavy atom. The minimum Gasteiger partial charge on any atom is -0.462 e. The molecular weight excluding hydrogens is 444 g/mol. The van der Waals surface area contributed by atoms with Gasteiger partial charge in [-0.2, -0.15) is 0 Å². The van der Waals surface area contributed by atoms with E-state index in [1.807, 2.05) is 6.20 Å². The number of aromatic amines is 2. The summed E-state index contributed by atoms with van der Waals surface area (Å²) >= 11 is 0. The second-order valence-corrected chi connectivity index (χ2v) is 9.34. The van der Waals surface area contributed by atoms with Crippen LogP contribution in [0.5, 0.6) is 0 Å². The molecule has 1 atom stereocenters. The third-order valence-corrected chi connectivity index (χ3v) is 6.83. The maximum atomic E-state index is 13.3. The Bertz CT molecular complexity index is 1260. The van der Waals surface area contributed by atoms with Crippen LogP contribution in [0.25, 0.3) is 10.9 Å². The van der Waals surface area contributed by atoms with Crippen molar-refractivity contribution in [2.45, 2.75) is 47.0 Å². The number of nitrogens with one attached hydrogen (secondary N) is 3. The van der Waals surface area contributed by atoms with E-state index in [4.69, 9.17) is 4.74 Å². The summed E-state index contributed by atoms with van der Waals surface area (Å²) in [6, 6.07) is 6.31. The molecule has 3 N–H and O–H groups in total. The maximum absolute atomic E-state index is 13.3. The number of likely N-dealkylation sites (tertiary alicyclic amines) is 1. The molecule has 3 heterocycles. The molecule has 0 bridgehead atoms. The minimum absolute atomic E-state index is 0.0230. The first kappa shape index (κ1) is 24.6. The molecule has 3 aromatic rings. The molecule has 0 saturated carbocycles. The number of carbonyl (C=O) groups excluding carboxylic acids is 3. The topological polar surface area (TPSA) is 107 Å². The number of piperidine rings is 1. The van der Waals surface area contributed by atoms with Crippen LogP contribution in [0, 0.1) is 26.7 Å². The number of aryl methyl sites for hydroxylation is 2. The fourth-order valence-corrected chi connectivity index (χ4v) is 4.97. The Labute approximate surface area is 205 Å². The van der Waals surface area contributed by atoms with Gasteiger partial charge >= 0.3 is 5.97 Å². The summed E-state index contributed by atoms with van der Waals surface area (Å²) < 4.78 is 5.13. The van der Waals surface area contributed by atoms with Gasteiger partial charge < -0.3 is 24.9 Å². The summed E-state index contributed by atoms with van der Waals surface area (Å²) in [5.74, 6) is -0.893. The van der Waals surface area contributed by atoms with Crippen molar-refractivity contribution in [1.82, 2.24) is 20.2 Å². The van der Waals surface area contributed by atoms with Crippen molar-refractivity contribution < 1.29 is 19.1 Å². The zero-order valence-electron chi connectivity index (χ0n) is 20.9. The highest BCUT2D eigenvalue weighted by Gasteiger charge is 2.31. The first-order valence-electron chi connectivity index (χ1n) is 12.3. The number of fused-ring (bicyclic) bond motifs is 1. The summed E-state index contributed by atoms with van der Waals surface area (Å²) in [6.07, 6.45) is 4.25. The maximum Gasteiger partial charge on any atom is 0.340 e. The Balaban J connectivity index is 1.36. The molecule has 0 aliphatic carbocycles. The van der Waals surface area contributed by atoms with Crippen LogP contribution in [0.3, 0.4) is 0 Å². The van der Waals surface area contributed by atoms with Gasteiger partial charge in [-0.05, 0) is 70.2 Å². The summed E-state index contributed by atoms with van der Waals surface area (Å²) in [5, 5.41) is 4.25. The predicted octanol–water partition coefficient (Wildman–Crippen LogP) is 3.81. The van der Waals surface area contributed by atoms with Crippen LogP contribution < -0.4 is 5.32 Å². The van der Waals surface area contributed by atoms with E-state index in [9.17, 15) is 14.4 Å². The van der Waals surface area contributed by atoms with Crippen LogP contribution in [0.1, 0.15) is 63.0 Å². The number of nitrogens with zero attached hydrogens (tertiary/aromatic N) is 1. The zero-order chi connectivity index (χ0) is 25.1. The molecule has 2 aromatic heterocycles. The lowest BCUT2D eigenvalue weighted by Crippen LogP contribution is -2.46. The number of amides is 2. The average molecular weight is 479 g/mol. The fourth-order valence-electron chi connectivity index (χ4n) is 4.97. The highest BCUT2D eigenvalue weighted by molar-refractivity contribution is 6.00. The van der Waals surface area contributed by atoms with Gasteiger partial charge in [-0.25, -0.2) is 4.79 Å². The molecular formula is C27H34N4O4. The largest absolute Gasteiger partial charge is 0.462 e. The molecule has 0 unspecified atom stereocenters. The van der Waals surface area contributed by atoms with Gasteiger partial charge in [-0.3, -0.25) is 9.59 Å². The Morgan fingerprint density at radius 3 is 2.77 bits per heavy atom. The van der Waals surface area contributed by atoms with E-state index >= 15 is 0 Å². The van der Waals surface area contributed by atoms with Gasteiger partial charge in [0.1, 0.15) is 5.69 Å². The van der Waals surface area contributed by atoms with Crippen LogP contribution in [0.15, 0.2) is 24.4 Å². The van der Waals surface area contributed by atoms with E-state index in [0.29, 0.717) is 42.1 Å². The highest BCUT2D eigenvalue weighted by atomic mass is 16.5. The van der Waals surface area contributed by atoms with E-state index in [1.54, 1.807) is 25.7 Å². The summed E-state index contributed by atoms with van der Waals surface area (Å²) in [6.45, 7) is 9.11. The first-order chi connectivity index (χ1) is 16.8. The molecule has 35 heavy (non-hydrogen) atoms. The van der Waals surface area contributed by atoms with Crippen LogP contribution in [-0.2, 0) is 16.0 Å². The van der Waals surface area contributed by atoms with Crippen LogP contribution >= 0.6 is 0 Å². The third kappa shape index (κ3) is 5.11. The number of rotatable bonds is 7. The molecule has 1 aliphatic rings. The zero-order valence-corrected chi connectivity index (χ0v) is 20.9. The van der Waals surface area contributed by atoms with Crippen molar-refractivity contribution in [2.24, 2.45) is 5.92 Å². The molecule has 1 saturated heterocycles. The number of benzene rings is 1. The monoisotopic (exact) mass is 478 g/mol. The van der Waals surface area contributed by atoms with Crippen molar-refractivity contribution in [2.75, 3.05) is 26.2 Å². The molecule has 1 aromatic carbocycles. The van der Waals surface area contributed by atoms with Gasteiger partial charge in [-0.1, -0.05) is 11.6 Å². The molecule has 8 heteroatoms. The number of esters is 1. The predicted molar refractivity (Wildman–Crippen MR) is 135 cm³/mol. The normalized spacial score (nSPS) is 15.9. The highest BCUT2D eigenvalue weighted by Crippen LogP contribution is 2.24. The van der Waals surface area contributed by atoms with Gasteiger partial charge in [0, 0.05) is 42.4 Å². The van der Waals surface area contributed by atoms with Crippen LogP contribution in [-0.4, -0.2) is 58.9 Å². The Hall–Kier alpha value is -3.55. The van der Waals surface area contributed by atoms with Crippen molar-refractivity contribution in [3.05, 3.63) is 58.0 Å². The lowest BCUT2D eigenvalue weighted by atomic mass is 9.96. The number of hydrogen-bond acceptors (Lipinski definition) is 4. The van der Waals surface area contributed by atoms with E-state index in [-0.39, 0.29) is 24.3 Å².